The van der Waals surface area contributed by atoms with Gasteiger partial charge in [-0.05, 0) is 24.8 Å². The molecular formula is C12H18N2. The molecular weight excluding hydrogens is 172 g/mol. The van der Waals surface area contributed by atoms with Gasteiger partial charge in [0.15, 0.2) is 0 Å². The minimum Gasteiger partial charge on any atom is -0.271 e. The summed E-state index contributed by atoms with van der Waals surface area (Å²) in [5.74, 6) is 5.60. The predicted molar refractivity (Wildman–Crippen MR) is 58.8 cm³/mol. The molecule has 1 atom stereocenters. The minimum atomic E-state index is 0.324. The Morgan fingerprint density at radius 3 is 2.43 bits per heavy atom. The van der Waals surface area contributed by atoms with Gasteiger partial charge in [-0.2, -0.15) is 0 Å². The SMILES string of the molecule is CCC(NN)C1(c2ccccc2)CC1. The molecule has 0 amide bonds. The van der Waals surface area contributed by atoms with E-state index in [1.165, 1.54) is 18.4 Å². The van der Waals surface area contributed by atoms with Gasteiger partial charge < -0.3 is 0 Å². The summed E-state index contributed by atoms with van der Waals surface area (Å²) >= 11 is 0. The monoisotopic (exact) mass is 190 g/mol. The summed E-state index contributed by atoms with van der Waals surface area (Å²) < 4.78 is 0. The maximum atomic E-state index is 5.60. The van der Waals surface area contributed by atoms with Crippen molar-refractivity contribution >= 4 is 0 Å². The fourth-order valence-electron chi connectivity index (χ4n) is 2.41. The van der Waals surface area contributed by atoms with Gasteiger partial charge in [0.05, 0.1) is 0 Å². The Kier molecular flexibility index (Phi) is 2.57. The summed E-state index contributed by atoms with van der Waals surface area (Å²) in [4.78, 5) is 0. The van der Waals surface area contributed by atoms with Crippen molar-refractivity contribution < 1.29 is 0 Å². The fraction of sp³-hybridized carbons (Fsp3) is 0.500. The first-order valence-corrected chi connectivity index (χ1v) is 5.35. The van der Waals surface area contributed by atoms with E-state index < -0.39 is 0 Å². The molecule has 3 N–H and O–H groups in total. The zero-order valence-electron chi connectivity index (χ0n) is 8.66. The van der Waals surface area contributed by atoms with Crippen molar-refractivity contribution in [1.82, 2.24) is 5.43 Å². The smallest absolute Gasteiger partial charge is 0.0304 e. The average Bonchev–Trinajstić information content (AvgIpc) is 3.03. The van der Waals surface area contributed by atoms with Gasteiger partial charge in [0.2, 0.25) is 0 Å². The molecule has 1 saturated carbocycles. The first kappa shape index (κ1) is 9.69. The molecule has 0 radical (unpaired) electrons. The molecule has 1 unspecified atom stereocenters. The van der Waals surface area contributed by atoms with Crippen LogP contribution in [0.15, 0.2) is 30.3 Å². The van der Waals surface area contributed by atoms with Gasteiger partial charge in [0, 0.05) is 11.5 Å². The Morgan fingerprint density at radius 1 is 1.36 bits per heavy atom. The number of benzene rings is 1. The van der Waals surface area contributed by atoms with E-state index in [9.17, 15) is 0 Å². The van der Waals surface area contributed by atoms with E-state index in [0.29, 0.717) is 11.5 Å². The van der Waals surface area contributed by atoms with Gasteiger partial charge in [-0.1, -0.05) is 37.3 Å². The highest BCUT2D eigenvalue weighted by Gasteiger charge is 2.49. The molecule has 2 nitrogen and oxygen atoms in total. The first-order valence-electron chi connectivity index (χ1n) is 5.35. The maximum absolute atomic E-state index is 5.60. The molecule has 2 heteroatoms. The van der Waals surface area contributed by atoms with Gasteiger partial charge in [-0.15, -0.1) is 0 Å². The second kappa shape index (κ2) is 3.71. The van der Waals surface area contributed by atoms with Crippen molar-refractivity contribution in [3.63, 3.8) is 0 Å². The van der Waals surface area contributed by atoms with Gasteiger partial charge in [-0.3, -0.25) is 11.3 Å². The lowest BCUT2D eigenvalue weighted by Crippen LogP contribution is -2.43. The van der Waals surface area contributed by atoms with E-state index in [1.54, 1.807) is 0 Å². The number of hydrazine groups is 1. The van der Waals surface area contributed by atoms with Crippen LogP contribution in [-0.2, 0) is 5.41 Å². The normalized spacial score (nSPS) is 20.4. The van der Waals surface area contributed by atoms with Crippen LogP contribution in [0.2, 0.25) is 0 Å². The number of hydrogen-bond donors (Lipinski definition) is 2. The van der Waals surface area contributed by atoms with Crippen molar-refractivity contribution in [2.24, 2.45) is 5.84 Å². The van der Waals surface area contributed by atoms with Crippen LogP contribution in [0.3, 0.4) is 0 Å². The molecule has 1 aliphatic carbocycles. The van der Waals surface area contributed by atoms with E-state index in [0.717, 1.165) is 6.42 Å². The maximum Gasteiger partial charge on any atom is 0.0304 e. The Morgan fingerprint density at radius 2 is 2.00 bits per heavy atom. The van der Waals surface area contributed by atoms with Crippen LogP contribution >= 0.6 is 0 Å². The highest BCUT2D eigenvalue weighted by molar-refractivity contribution is 5.33. The van der Waals surface area contributed by atoms with Gasteiger partial charge in [-0.25, -0.2) is 0 Å². The average molecular weight is 190 g/mol. The largest absolute Gasteiger partial charge is 0.271 e. The Bertz CT molecular complexity index is 286. The molecule has 0 aromatic heterocycles. The lowest BCUT2D eigenvalue weighted by molar-refractivity contribution is 0.412. The molecule has 2 rings (SSSR count). The highest BCUT2D eigenvalue weighted by Crippen LogP contribution is 2.51. The second-order valence-electron chi connectivity index (χ2n) is 4.15. The van der Waals surface area contributed by atoms with Crippen LogP contribution in [0.25, 0.3) is 0 Å². The van der Waals surface area contributed by atoms with Crippen molar-refractivity contribution in [3.8, 4) is 0 Å². The van der Waals surface area contributed by atoms with Gasteiger partial charge in [0.25, 0.3) is 0 Å². The quantitative estimate of drug-likeness (QED) is 0.562. The highest BCUT2D eigenvalue weighted by atomic mass is 15.2. The Labute approximate surface area is 85.5 Å². The molecule has 1 aromatic rings. The molecule has 0 aliphatic heterocycles. The molecule has 76 valence electrons. The summed E-state index contributed by atoms with van der Waals surface area (Å²) in [6.07, 6.45) is 3.62. The van der Waals surface area contributed by atoms with Crippen LogP contribution in [0.4, 0.5) is 0 Å². The summed E-state index contributed by atoms with van der Waals surface area (Å²) in [5, 5.41) is 0. The lowest BCUT2D eigenvalue weighted by atomic mass is 9.87. The van der Waals surface area contributed by atoms with E-state index in [4.69, 9.17) is 5.84 Å². The third kappa shape index (κ3) is 1.45. The van der Waals surface area contributed by atoms with Gasteiger partial charge >= 0.3 is 0 Å². The molecule has 14 heavy (non-hydrogen) atoms. The molecule has 1 aliphatic rings. The van der Waals surface area contributed by atoms with E-state index in [1.807, 2.05) is 0 Å². The second-order valence-corrected chi connectivity index (χ2v) is 4.15. The Hall–Kier alpha value is -0.860. The van der Waals surface area contributed by atoms with Crippen molar-refractivity contribution in [2.45, 2.75) is 37.6 Å². The first-order chi connectivity index (χ1) is 6.83. The molecule has 0 bridgehead atoms. The molecule has 1 aromatic carbocycles. The van der Waals surface area contributed by atoms with Crippen molar-refractivity contribution in [1.29, 1.82) is 0 Å². The zero-order chi connectivity index (χ0) is 10.0. The van der Waals surface area contributed by atoms with E-state index in [-0.39, 0.29) is 0 Å². The number of hydrogen-bond acceptors (Lipinski definition) is 2. The summed E-state index contributed by atoms with van der Waals surface area (Å²) in [6.45, 7) is 2.19. The molecule has 0 saturated heterocycles. The summed E-state index contributed by atoms with van der Waals surface area (Å²) in [7, 11) is 0. The summed E-state index contributed by atoms with van der Waals surface area (Å²) in [6, 6.07) is 11.1. The van der Waals surface area contributed by atoms with Crippen LogP contribution in [0, 0.1) is 0 Å². The zero-order valence-corrected chi connectivity index (χ0v) is 8.66. The molecule has 1 fully saturated rings. The Balaban J connectivity index is 2.25. The van der Waals surface area contributed by atoms with Crippen LogP contribution < -0.4 is 11.3 Å². The number of rotatable bonds is 4. The standard InChI is InChI=1S/C12H18N2/c1-2-11(14-13)12(8-9-12)10-6-4-3-5-7-10/h3-7,11,14H,2,8-9,13H2,1H3. The van der Waals surface area contributed by atoms with Crippen LogP contribution in [-0.4, -0.2) is 6.04 Å². The van der Waals surface area contributed by atoms with Crippen LogP contribution in [0.1, 0.15) is 31.7 Å². The van der Waals surface area contributed by atoms with E-state index in [2.05, 4.69) is 42.7 Å². The third-order valence-corrected chi connectivity index (χ3v) is 3.41. The topological polar surface area (TPSA) is 38.0 Å². The van der Waals surface area contributed by atoms with Crippen molar-refractivity contribution in [3.05, 3.63) is 35.9 Å². The summed E-state index contributed by atoms with van der Waals surface area (Å²) in [5.41, 5.74) is 4.71. The van der Waals surface area contributed by atoms with E-state index >= 15 is 0 Å². The lowest BCUT2D eigenvalue weighted by Gasteiger charge is -2.25. The molecule has 0 spiro atoms. The minimum absolute atomic E-state index is 0.324. The third-order valence-electron chi connectivity index (χ3n) is 3.41. The fourth-order valence-corrected chi connectivity index (χ4v) is 2.41. The van der Waals surface area contributed by atoms with Crippen molar-refractivity contribution in [2.75, 3.05) is 0 Å². The van der Waals surface area contributed by atoms with Crippen LogP contribution in [0.5, 0.6) is 0 Å². The van der Waals surface area contributed by atoms with Gasteiger partial charge in [0.1, 0.15) is 0 Å². The number of nitrogens with one attached hydrogen (secondary N) is 1. The predicted octanol–water partition coefficient (Wildman–Crippen LogP) is 1.96. The number of nitrogens with two attached hydrogens (primary N) is 1. The molecule has 0 heterocycles.